The summed E-state index contributed by atoms with van der Waals surface area (Å²) in [6.45, 7) is 2.42. The van der Waals surface area contributed by atoms with E-state index < -0.39 is 11.2 Å². The Bertz CT molecular complexity index is 103. The van der Waals surface area contributed by atoms with Crippen molar-refractivity contribution in [3.63, 3.8) is 0 Å². The highest BCUT2D eigenvalue weighted by Gasteiger charge is 2.33. The van der Waals surface area contributed by atoms with Crippen LogP contribution >= 0.6 is 11.6 Å². The molecule has 1 fully saturated rings. The Labute approximate surface area is 59.8 Å². The molecular weight excluding hydrogens is 140 g/mol. The van der Waals surface area contributed by atoms with Crippen LogP contribution in [0, 0.1) is 0 Å². The topological polar surface area (TPSA) is 29.5 Å². The van der Waals surface area contributed by atoms with Crippen molar-refractivity contribution in [2.45, 2.75) is 30.9 Å². The molecule has 0 radical (unpaired) electrons. The van der Waals surface area contributed by atoms with Crippen LogP contribution in [0.5, 0.6) is 0 Å². The van der Waals surface area contributed by atoms with Crippen molar-refractivity contribution in [1.29, 1.82) is 0 Å². The average Bonchev–Trinajstić information content (AvgIpc) is 1.77. The summed E-state index contributed by atoms with van der Waals surface area (Å²) in [6.07, 6.45) is 0.986. The number of ether oxygens (including phenoxy) is 1. The third kappa shape index (κ3) is 1.57. The van der Waals surface area contributed by atoms with Crippen LogP contribution in [0.2, 0.25) is 0 Å². The molecule has 2 atom stereocenters. The summed E-state index contributed by atoms with van der Waals surface area (Å²) in [5.74, 6) is 0. The molecule has 0 aromatic rings. The second-order valence-corrected chi connectivity index (χ2v) is 3.47. The maximum atomic E-state index is 9.08. The van der Waals surface area contributed by atoms with Crippen molar-refractivity contribution in [2.24, 2.45) is 0 Å². The van der Waals surface area contributed by atoms with Gasteiger partial charge >= 0.3 is 0 Å². The highest BCUT2D eigenvalue weighted by Crippen LogP contribution is 2.29. The summed E-state index contributed by atoms with van der Waals surface area (Å²) in [6, 6.07) is 0. The quantitative estimate of drug-likeness (QED) is 0.525. The van der Waals surface area contributed by atoms with E-state index in [0.29, 0.717) is 6.61 Å². The maximum Gasteiger partial charge on any atom is 0.173 e. The molecule has 1 aliphatic rings. The molecule has 0 amide bonds. The van der Waals surface area contributed by atoms with Crippen LogP contribution in [0.1, 0.15) is 19.8 Å². The van der Waals surface area contributed by atoms with Gasteiger partial charge in [0.15, 0.2) is 6.29 Å². The minimum absolute atomic E-state index is 0.557. The van der Waals surface area contributed by atoms with Gasteiger partial charge in [0.1, 0.15) is 0 Å². The van der Waals surface area contributed by atoms with E-state index in [4.69, 9.17) is 21.4 Å². The highest BCUT2D eigenvalue weighted by molar-refractivity contribution is 6.24. The van der Waals surface area contributed by atoms with Crippen LogP contribution < -0.4 is 0 Å². The molecule has 9 heavy (non-hydrogen) atoms. The van der Waals surface area contributed by atoms with Crippen LogP contribution in [0.3, 0.4) is 0 Å². The SMILES string of the molecule is C[C@]1(Cl)CCCO[C@@H]1O. The zero-order valence-corrected chi connectivity index (χ0v) is 6.19. The summed E-state index contributed by atoms with van der Waals surface area (Å²) in [4.78, 5) is -0.557. The molecule has 0 aromatic heterocycles. The van der Waals surface area contributed by atoms with Crippen LogP contribution in [0.15, 0.2) is 0 Å². The van der Waals surface area contributed by atoms with Gasteiger partial charge in [-0.1, -0.05) is 0 Å². The normalized spacial score (nSPS) is 45.0. The minimum atomic E-state index is -0.784. The van der Waals surface area contributed by atoms with Crippen molar-refractivity contribution < 1.29 is 9.84 Å². The first-order chi connectivity index (χ1) is 4.13. The zero-order chi connectivity index (χ0) is 6.91. The fourth-order valence-corrected chi connectivity index (χ4v) is 1.11. The second-order valence-electron chi connectivity index (χ2n) is 2.60. The van der Waals surface area contributed by atoms with Crippen LogP contribution in [0.4, 0.5) is 0 Å². The monoisotopic (exact) mass is 150 g/mol. The molecule has 0 bridgehead atoms. The second kappa shape index (κ2) is 2.45. The molecule has 1 heterocycles. The zero-order valence-electron chi connectivity index (χ0n) is 5.43. The maximum absolute atomic E-state index is 9.08. The first kappa shape index (κ1) is 7.32. The number of halogens is 1. The van der Waals surface area contributed by atoms with E-state index in [1.807, 2.05) is 0 Å². The van der Waals surface area contributed by atoms with Gasteiger partial charge in [-0.15, -0.1) is 11.6 Å². The molecule has 0 spiro atoms. The third-order valence-electron chi connectivity index (χ3n) is 1.60. The predicted octanol–water partition coefficient (Wildman–Crippen LogP) is 1.11. The van der Waals surface area contributed by atoms with Gasteiger partial charge in [0.25, 0.3) is 0 Å². The van der Waals surface area contributed by atoms with Gasteiger partial charge in [-0.3, -0.25) is 0 Å². The number of alkyl halides is 1. The van der Waals surface area contributed by atoms with Gasteiger partial charge in [-0.2, -0.15) is 0 Å². The lowest BCUT2D eigenvalue weighted by atomic mass is 10.0. The van der Waals surface area contributed by atoms with Gasteiger partial charge in [0.05, 0.1) is 4.87 Å². The minimum Gasteiger partial charge on any atom is -0.366 e. The lowest BCUT2D eigenvalue weighted by Crippen LogP contribution is -2.40. The van der Waals surface area contributed by atoms with Gasteiger partial charge in [0.2, 0.25) is 0 Å². The Morgan fingerprint density at radius 2 is 2.44 bits per heavy atom. The molecule has 3 heteroatoms. The van der Waals surface area contributed by atoms with Crippen LogP contribution in [-0.4, -0.2) is 22.9 Å². The molecular formula is C6H11ClO2. The lowest BCUT2D eigenvalue weighted by Gasteiger charge is -2.32. The van der Waals surface area contributed by atoms with Crippen molar-refractivity contribution >= 4 is 11.6 Å². The Balaban J connectivity index is 2.49. The summed E-state index contributed by atoms with van der Waals surface area (Å²) in [7, 11) is 0. The fraction of sp³-hybridized carbons (Fsp3) is 1.00. The highest BCUT2D eigenvalue weighted by atomic mass is 35.5. The number of hydrogen-bond donors (Lipinski definition) is 1. The molecule has 0 saturated carbocycles. The van der Waals surface area contributed by atoms with E-state index in [1.165, 1.54) is 0 Å². The summed E-state index contributed by atoms with van der Waals surface area (Å²) in [5.41, 5.74) is 0. The molecule has 0 unspecified atom stereocenters. The number of aliphatic hydroxyl groups excluding tert-OH is 1. The first-order valence-corrected chi connectivity index (χ1v) is 3.49. The van der Waals surface area contributed by atoms with Crippen molar-refractivity contribution in [2.75, 3.05) is 6.61 Å². The molecule has 1 N–H and O–H groups in total. The van der Waals surface area contributed by atoms with Crippen molar-refractivity contribution in [1.82, 2.24) is 0 Å². The largest absolute Gasteiger partial charge is 0.366 e. The number of aliphatic hydroxyl groups is 1. The smallest absolute Gasteiger partial charge is 0.173 e. The summed E-state index contributed by atoms with van der Waals surface area (Å²) >= 11 is 5.85. The molecule has 1 rings (SSSR count). The van der Waals surface area contributed by atoms with E-state index in [9.17, 15) is 0 Å². The van der Waals surface area contributed by atoms with Gasteiger partial charge in [-0.05, 0) is 19.8 Å². The lowest BCUT2D eigenvalue weighted by molar-refractivity contribution is -0.143. The standard InChI is InChI=1S/C6H11ClO2/c1-6(7)3-2-4-9-5(6)8/h5,8H,2-4H2,1H3/t5-,6-/m0/s1. The molecule has 1 saturated heterocycles. The molecule has 0 aromatic carbocycles. The predicted molar refractivity (Wildman–Crippen MR) is 35.5 cm³/mol. The van der Waals surface area contributed by atoms with E-state index in [2.05, 4.69) is 0 Å². The molecule has 54 valence electrons. The Kier molecular flexibility index (Phi) is 1.99. The summed E-state index contributed by atoms with van der Waals surface area (Å²) in [5, 5.41) is 9.08. The van der Waals surface area contributed by atoms with E-state index in [-0.39, 0.29) is 0 Å². The van der Waals surface area contributed by atoms with E-state index >= 15 is 0 Å². The van der Waals surface area contributed by atoms with Crippen molar-refractivity contribution in [3.05, 3.63) is 0 Å². The first-order valence-electron chi connectivity index (χ1n) is 3.11. The van der Waals surface area contributed by atoms with Crippen LogP contribution in [-0.2, 0) is 4.74 Å². The van der Waals surface area contributed by atoms with Gasteiger partial charge < -0.3 is 9.84 Å². The van der Waals surface area contributed by atoms with Crippen LogP contribution in [0.25, 0.3) is 0 Å². The number of rotatable bonds is 0. The van der Waals surface area contributed by atoms with Gasteiger partial charge in [0, 0.05) is 6.61 Å². The Morgan fingerprint density at radius 1 is 1.78 bits per heavy atom. The average molecular weight is 151 g/mol. The number of hydrogen-bond acceptors (Lipinski definition) is 2. The fourth-order valence-electron chi connectivity index (χ4n) is 0.910. The van der Waals surface area contributed by atoms with E-state index in [1.54, 1.807) is 6.92 Å². The molecule has 1 aliphatic heterocycles. The van der Waals surface area contributed by atoms with Gasteiger partial charge in [-0.25, -0.2) is 0 Å². The van der Waals surface area contributed by atoms with Crippen molar-refractivity contribution in [3.8, 4) is 0 Å². The Morgan fingerprint density at radius 3 is 2.78 bits per heavy atom. The molecule has 2 nitrogen and oxygen atoms in total. The summed E-state index contributed by atoms with van der Waals surface area (Å²) < 4.78 is 4.92. The Hall–Kier alpha value is 0.210. The molecule has 0 aliphatic carbocycles. The third-order valence-corrected chi connectivity index (χ3v) is 1.98. The van der Waals surface area contributed by atoms with E-state index in [0.717, 1.165) is 12.8 Å².